The molecule has 0 amide bonds. The van der Waals surface area contributed by atoms with Crippen LogP contribution in [0.4, 0.5) is 0 Å². The molecule has 0 atom stereocenters. The van der Waals surface area contributed by atoms with Gasteiger partial charge in [0, 0.05) is 12.6 Å². The second-order valence-electron chi connectivity index (χ2n) is 2.49. The molecule has 5 heteroatoms. The second kappa shape index (κ2) is 4.09. The molecule has 1 aromatic rings. The highest BCUT2D eigenvalue weighted by atomic mass is 35.5. The standard InChI is InChI=1S/C8H11ClN4/c1-5-6(8(10)13-11-2)3-4-7(9)12-5/h3-4,11H,1-2H3,(H2,10,13). The third-order valence-electron chi connectivity index (χ3n) is 1.56. The summed E-state index contributed by atoms with van der Waals surface area (Å²) in [7, 11) is 1.69. The van der Waals surface area contributed by atoms with Crippen molar-refractivity contribution in [2.24, 2.45) is 10.8 Å². The first-order valence-electron chi connectivity index (χ1n) is 3.78. The molecule has 1 aromatic heterocycles. The smallest absolute Gasteiger partial charge is 0.152 e. The Morgan fingerprint density at radius 2 is 2.31 bits per heavy atom. The quantitative estimate of drug-likeness (QED) is 0.321. The Balaban J connectivity index is 3.09. The lowest BCUT2D eigenvalue weighted by atomic mass is 10.2. The number of rotatable bonds is 2. The van der Waals surface area contributed by atoms with Crippen molar-refractivity contribution in [3.63, 3.8) is 0 Å². The van der Waals surface area contributed by atoms with Crippen LogP contribution in [0.25, 0.3) is 0 Å². The minimum Gasteiger partial charge on any atom is -0.382 e. The van der Waals surface area contributed by atoms with Gasteiger partial charge in [0.2, 0.25) is 0 Å². The summed E-state index contributed by atoms with van der Waals surface area (Å²) >= 11 is 5.69. The van der Waals surface area contributed by atoms with Gasteiger partial charge in [-0.2, -0.15) is 5.10 Å². The van der Waals surface area contributed by atoms with Crippen molar-refractivity contribution in [1.82, 2.24) is 10.4 Å². The predicted molar refractivity (Wildman–Crippen MR) is 53.8 cm³/mol. The van der Waals surface area contributed by atoms with E-state index in [0.29, 0.717) is 11.0 Å². The number of aromatic nitrogens is 1. The van der Waals surface area contributed by atoms with E-state index in [1.165, 1.54) is 0 Å². The number of aryl methyl sites for hydroxylation is 1. The summed E-state index contributed by atoms with van der Waals surface area (Å²) in [4.78, 5) is 4.05. The normalized spacial score (nSPS) is 11.5. The van der Waals surface area contributed by atoms with E-state index in [1.54, 1.807) is 19.2 Å². The number of nitrogens with zero attached hydrogens (tertiary/aromatic N) is 2. The Bertz CT molecular complexity index is 335. The summed E-state index contributed by atoms with van der Waals surface area (Å²) < 4.78 is 0. The fourth-order valence-corrected chi connectivity index (χ4v) is 1.17. The SMILES string of the molecule is CN/N=C(\N)c1ccc(Cl)nc1C. The molecular formula is C8H11ClN4. The molecule has 3 N–H and O–H groups in total. The Kier molecular flexibility index (Phi) is 3.08. The van der Waals surface area contributed by atoms with E-state index in [9.17, 15) is 0 Å². The zero-order valence-corrected chi connectivity index (χ0v) is 8.26. The maximum atomic E-state index is 5.69. The molecule has 1 rings (SSSR count). The van der Waals surface area contributed by atoms with E-state index < -0.39 is 0 Å². The lowest BCUT2D eigenvalue weighted by molar-refractivity contribution is 0.897. The van der Waals surface area contributed by atoms with Crippen LogP contribution in [0.5, 0.6) is 0 Å². The van der Waals surface area contributed by atoms with Crippen molar-refractivity contribution in [3.05, 3.63) is 28.5 Å². The largest absolute Gasteiger partial charge is 0.382 e. The van der Waals surface area contributed by atoms with Crippen molar-refractivity contribution < 1.29 is 0 Å². The average molecular weight is 199 g/mol. The van der Waals surface area contributed by atoms with Crippen LogP contribution in [0.2, 0.25) is 5.15 Å². The zero-order chi connectivity index (χ0) is 9.84. The number of nitrogens with one attached hydrogen (secondary N) is 1. The molecule has 0 aliphatic rings. The lowest BCUT2D eigenvalue weighted by Gasteiger charge is -2.03. The number of hydrazone groups is 1. The molecule has 0 radical (unpaired) electrons. The van der Waals surface area contributed by atoms with Crippen LogP contribution < -0.4 is 11.2 Å². The van der Waals surface area contributed by atoms with Gasteiger partial charge in [-0.3, -0.25) is 0 Å². The highest BCUT2D eigenvalue weighted by Gasteiger charge is 2.03. The van der Waals surface area contributed by atoms with Gasteiger partial charge in [-0.15, -0.1) is 0 Å². The monoisotopic (exact) mass is 198 g/mol. The molecule has 70 valence electrons. The van der Waals surface area contributed by atoms with E-state index in [0.717, 1.165) is 11.3 Å². The van der Waals surface area contributed by atoms with Gasteiger partial charge in [-0.05, 0) is 19.1 Å². The van der Waals surface area contributed by atoms with E-state index in [2.05, 4.69) is 15.5 Å². The van der Waals surface area contributed by atoms with Crippen molar-refractivity contribution >= 4 is 17.4 Å². The maximum Gasteiger partial charge on any atom is 0.152 e. The van der Waals surface area contributed by atoms with Crippen molar-refractivity contribution in [3.8, 4) is 0 Å². The maximum absolute atomic E-state index is 5.69. The van der Waals surface area contributed by atoms with Crippen molar-refractivity contribution in [2.75, 3.05) is 7.05 Å². The molecule has 4 nitrogen and oxygen atoms in total. The molecule has 0 aliphatic carbocycles. The minimum absolute atomic E-state index is 0.407. The molecule has 0 saturated heterocycles. The van der Waals surface area contributed by atoms with Gasteiger partial charge in [0.05, 0.1) is 5.69 Å². The van der Waals surface area contributed by atoms with E-state index in [4.69, 9.17) is 17.3 Å². The average Bonchev–Trinajstić information content (AvgIpc) is 2.04. The van der Waals surface area contributed by atoms with Gasteiger partial charge >= 0.3 is 0 Å². The minimum atomic E-state index is 0.407. The topological polar surface area (TPSA) is 63.3 Å². The second-order valence-corrected chi connectivity index (χ2v) is 2.87. The number of amidine groups is 1. The first kappa shape index (κ1) is 9.80. The third-order valence-corrected chi connectivity index (χ3v) is 1.77. The van der Waals surface area contributed by atoms with E-state index >= 15 is 0 Å². The molecule has 0 bridgehead atoms. The molecule has 1 heterocycles. The van der Waals surface area contributed by atoms with Crippen LogP contribution in [-0.4, -0.2) is 17.9 Å². The third kappa shape index (κ3) is 2.32. The molecule has 0 aliphatic heterocycles. The number of hydrogen-bond donors (Lipinski definition) is 2. The number of pyridine rings is 1. The van der Waals surface area contributed by atoms with Crippen LogP contribution in [0.3, 0.4) is 0 Å². The van der Waals surface area contributed by atoms with Crippen molar-refractivity contribution in [1.29, 1.82) is 0 Å². The van der Waals surface area contributed by atoms with Gasteiger partial charge in [-0.1, -0.05) is 11.6 Å². The van der Waals surface area contributed by atoms with Crippen LogP contribution in [-0.2, 0) is 0 Å². The molecule has 0 saturated carbocycles. The molecule has 13 heavy (non-hydrogen) atoms. The summed E-state index contributed by atoms with van der Waals surface area (Å²) in [6.07, 6.45) is 0. The Labute approximate surface area is 81.8 Å². The summed E-state index contributed by atoms with van der Waals surface area (Å²) in [5.41, 5.74) is 9.83. The summed E-state index contributed by atoms with van der Waals surface area (Å²) in [5, 5.41) is 4.30. The number of nitrogens with two attached hydrogens (primary N) is 1. The van der Waals surface area contributed by atoms with Crippen molar-refractivity contribution in [2.45, 2.75) is 6.92 Å². The highest BCUT2D eigenvalue weighted by Crippen LogP contribution is 2.09. The van der Waals surface area contributed by atoms with Gasteiger partial charge < -0.3 is 11.2 Å². The fourth-order valence-electron chi connectivity index (χ4n) is 0.982. The molecule has 0 fully saturated rings. The Hall–Kier alpha value is -1.29. The van der Waals surface area contributed by atoms with Crippen LogP contribution in [0, 0.1) is 6.92 Å². The van der Waals surface area contributed by atoms with Crippen LogP contribution in [0.15, 0.2) is 17.2 Å². The van der Waals surface area contributed by atoms with Gasteiger partial charge in [-0.25, -0.2) is 4.98 Å². The highest BCUT2D eigenvalue weighted by molar-refractivity contribution is 6.29. The van der Waals surface area contributed by atoms with E-state index in [1.807, 2.05) is 6.92 Å². The molecule has 0 unspecified atom stereocenters. The summed E-state index contributed by atoms with van der Waals surface area (Å²) in [5.74, 6) is 0.407. The molecule has 0 spiro atoms. The van der Waals surface area contributed by atoms with Crippen LogP contribution >= 0.6 is 11.6 Å². The van der Waals surface area contributed by atoms with E-state index in [-0.39, 0.29) is 0 Å². The fraction of sp³-hybridized carbons (Fsp3) is 0.250. The van der Waals surface area contributed by atoms with Crippen LogP contribution in [0.1, 0.15) is 11.3 Å². The first-order valence-corrected chi connectivity index (χ1v) is 4.16. The first-order chi connectivity index (χ1) is 6.15. The van der Waals surface area contributed by atoms with Gasteiger partial charge in [0.25, 0.3) is 0 Å². The molecule has 0 aromatic carbocycles. The zero-order valence-electron chi connectivity index (χ0n) is 7.50. The summed E-state index contributed by atoms with van der Waals surface area (Å²) in [6, 6.07) is 3.47. The van der Waals surface area contributed by atoms with Gasteiger partial charge in [0.15, 0.2) is 5.84 Å². The summed E-state index contributed by atoms with van der Waals surface area (Å²) in [6.45, 7) is 1.83. The number of halogens is 1. The molecular weight excluding hydrogens is 188 g/mol. The Morgan fingerprint density at radius 1 is 1.62 bits per heavy atom. The van der Waals surface area contributed by atoms with Gasteiger partial charge in [0.1, 0.15) is 5.15 Å². The lowest BCUT2D eigenvalue weighted by Crippen LogP contribution is -2.18. The number of hydrogen-bond acceptors (Lipinski definition) is 3. The Morgan fingerprint density at radius 3 is 2.85 bits per heavy atom. The predicted octanol–water partition coefficient (Wildman–Crippen LogP) is 0.883.